The van der Waals surface area contributed by atoms with E-state index in [9.17, 15) is 19.5 Å². The van der Waals surface area contributed by atoms with Gasteiger partial charge in [-0.05, 0) is 18.8 Å². The number of amides is 2. The van der Waals surface area contributed by atoms with E-state index in [1.165, 1.54) is 0 Å². The Morgan fingerprint density at radius 3 is 2.29 bits per heavy atom. The number of nitrogens with zero attached hydrogens (tertiary/aromatic N) is 1. The summed E-state index contributed by atoms with van der Waals surface area (Å²) in [5, 5.41) is 14.2. The second-order valence-electron chi connectivity index (χ2n) is 5.48. The molecule has 10 heteroatoms. The molecule has 24 heavy (non-hydrogen) atoms. The Morgan fingerprint density at radius 2 is 1.83 bits per heavy atom. The molecule has 0 saturated carbocycles. The molecule has 2 amide bonds. The van der Waals surface area contributed by atoms with Crippen LogP contribution in [-0.2, 0) is 14.4 Å². The number of aliphatic imine (C=N–C) groups is 1. The fraction of sp³-hybridized carbons (Fsp3) is 0.714. The Hall–Kier alpha value is -2.36. The molecule has 0 aliphatic heterocycles. The number of hydrogen-bond acceptors (Lipinski definition) is 5. The number of carbonyl (C=O) groups is 3. The number of carboxylic acid groups (broad SMARTS) is 1. The summed E-state index contributed by atoms with van der Waals surface area (Å²) in [5.41, 5.74) is 15.7. The first-order valence-electron chi connectivity index (χ1n) is 7.80. The Bertz CT molecular complexity index is 464. The van der Waals surface area contributed by atoms with Crippen LogP contribution in [0, 0.1) is 5.92 Å². The van der Waals surface area contributed by atoms with E-state index in [0.29, 0.717) is 19.4 Å². The molecule has 0 aromatic rings. The number of carbonyl (C=O) groups excluding carboxylic acids is 2. The molecule has 10 nitrogen and oxygen atoms in total. The number of aliphatic carboxylic acids is 1. The fourth-order valence-electron chi connectivity index (χ4n) is 1.96. The lowest BCUT2D eigenvalue weighted by Gasteiger charge is -2.24. The van der Waals surface area contributed by atoms with Crippen LogP contribution in [0.15, 0.2) is 4.99 Å². The van der Waals surface area contributed by atoms with Crippen molar-refractivity contribution in [1.29, 1.82) is 0 Å². The number of guanidine groups is 1. The number of nitrogens with two attached hydrogens (primary N) is 3. The normalized spacial score (nSPS) is 14.1. The van der Waals surface area contributed by atoms with Crippen LogP contribution < -0.4 is 27.8 Å². The second-order valence-corrected chi connectivity index (χ2v) is 5.48. The number of nitrogens with one attached hydrogen (secondary N) is 2. The molecule has 0 radical (unpaired) electrons. The molecule has 0 aromatic heterocycles. The van der Waals surface area contributed by atoms with Crippen LogP contribution in [0.25, 0.3) is 0 Å². The highest BCUT2D eigenvalue weighted by atomic mass is 16.4. The van der Waals surface area contributed by atoms with Crippen LogP contribution in [-0.4, -0.2) is 54.0 Å². The third-order valence-corrected chi connectivity index (χ3v) is 3.56. The van der Waals surface area contributed by atoms with Crippen molar-refractivity contribution in [2.24, 2.45) is 28.1 Å². The van der Waals surface area contributed by atoms with Gasteiger partial charge in [0.1, 0.15) is 12.1 Å². The number of hydrogen-bond donors (Lipinski definition) is 6. The van der Waals surface area contributed by atoms with E-state index < -0.39 is 29.9 Å². The molecule has 9 N–H and O–H groups in total. The molecule has 0 aromatic carbocycles. The Labute approximate surface area is 141 Å². The quantitative estimate of drug-likeness (QED) is 0.143. The van der Waals surface area contributed by atoms with E-state index in [1.54, 1.807) is 6.92 Å². The van der Waals surface area contributed by atoms with Crippen LogP contribution in [0.4, 0.5) is 0 Å². The van der Waals surface area contributed by atoms with Crippen molar-refractivity contribution in [1.82, 2.24) is 10.6 Å². The van der Waals surface area contributed by atoms with Crippen molar-refractivity contribution in [3.05, 3.63) is 0 Å². The van der Waals surface area contributed by atoms with Crippen molar-refractivity contribution in [2.75, 3.05) is 13.1 Å². The SMILES string of the molecule is CCC(C)C(NC(=O)C(CCCN=C(N)N)NC(=O)CN)C(=O)O. The second kappa shape index (κ2) is 11.2. The lowest BCUT2D eigenvalue weighted by molar-refractivity contribution is -0.143. The lowest BCUT2D eigenvalue weighted by Crippen LogP contribution is -2.54. The molecule has 0 saturated heterocycles. The summed E-state index contributed by atoms with van der Waals surface area (Å²) < 4.78 is 0. The zero-order chi connectivity index (χ0) is 18.7. The van der Waals surface area contributed by atoms with E-state index in [0.717, 1.165) is 0 Å². The van der Waals surface area contributed by atoms with Crippen LogP contribution in [0.3, 0.4) is 0 Å². The summed E-state index contributed by atoms with van der Waals surface area (Å²) in [6.07, 6.45) is 1.27. The van der Waals surface area contributed by atoms with Gasteiger partial charge in [-0.15, -0.1) is 0 Å². The summed E-state index contributed by atoms with van der Waals surface area (Å²) in [6.45, 7) is 3.57. The standard InChI is InChI=1S/C14H28N6O4/c1-3-8(2)11(13(23)24)20-12(22)9(19-10(21)7-15)5-4-6-18-14(16)17/h8-9,11H,3-7,15H2,1-2H3,(H,19,21)(H,20,22)(H,23,24)(H4,16,17,18). The van der Waals surface area contributed by atoms with Gasteiger partial charge in [0.05, 0.1) is 6.54 Å². The van der Waals surface area contributed by atoms with Gasteiger partial charge in [-0.1, -0.05) is 20.3 Å². The predicted octanol–water partition coefficient (Wildman–Crippen LogP) is -1.90. The van der Waals surface area contributed by atoms with Gasteiger partial charge in [0.15, 0.2) is 5.96 Å². The average molecular weight is 344 g/mol. The van der Waals surface area contributed by atoms with Gasteiger partial charge in [0, 0.05) is 6.54 Å². The van der Waals surface area contributed by atoms with Crippen molar-refractivity contribution in [3.8, 4) is 0 Å². The Balaban J connectivity index is 4.90. The van der Waals surface area contributed by atoms with Crippen LogP contribution in [0.1, 0.15) is 33.1 Å². The topological polar surface area (TPSA) is 186 Å². The van der Waals surface area contributed by atoms with E-state index in [-0.39, 0.29) is 24.8 Å². The maximum absolute atomic E-state index is 12.3. The highest BCUT2D eigenvalue weighted by Crippen LogP contribution is 2.09. The van der Waals surface area contributed by atoms with Gasteiger partial charge in [-0.3, -0.25) is 14.6 Å². The van der Waals surface area contributed by atoms with Crippen molar-refractivity contribution in [2.45, 2.75) is 45.2 Å². The highest BCUT2D eigenvalue weighted by molar-refractivity contribution is 5.90. The minimum absolute atomic E-state index is 0.0651. The summed E-state index contributed by atoms with van der Waals surface area (Å²) in [5.74, 6) is -2.52. The van der Waals surface area contributed by atoms with Gasteiger partial charge in [-0.2, -0.15) is 0 Å². The Morgan fingerprint density at radius 1 is 1.21 bits per heavy atom. The first-order chi connectivity index (χ1) is 11.2. The maximum Gasteiger partial charge on any atom is 0.326 e. The van der Waals surface area contributed by atoms with Crippen molar-refractivity contribution in [3.63, 3.8) is 0 Å². The van der Waals surface area contributed by atoms with Crippen LogP contribution in [0.5, 0.6) is 0 Å². The molecule has 0 bridgehead atoms. The number of carboxylic acids is 1. The van der Waals surface area contributed by atoms with Gasteiger partial charge in [-0.25, -0.2) is 4.79 Å². The summed E-state index contributed by atoms with van der Waals surface area (Å²) in [6, 6.07) is -1.93. The van der Waals surface area contributed by atoms with Crippen molar-refractivity contribution < 1.29 is 19.5 Å². The lowest BCUT2D eigenvalue weighted by atomic mass is 9.98. The molecule has 0 fully saturated rings. The van der Waals surface area contributed by atoms with Gasteiger partial charge in [0.25, 0.3) is 0 Å². The van der Waals surface area contributed by atoms with Gasteiger partial charge >= 0.3 is 5.97 Å². The molecule has 3 atom stereocenters. The largest absolute Gasteiger partial charge is 0.480 e. The molecule has 0 aliphatic carbocycles. The third kappa shape index (κ3) is 8.32. The zero-order valence-corrected chi connectivity index (χ0v) is 14.1. The predicted molar refractivity (Wildman–Crippen MR) is 89.9 cm³/mol. The maximum atomic E-state index is 12.3. The minimum atomic E-state index is -1.12. The smallest absolute Gasteiger partial charge is 0.326 e. The van der Waals surface area contributed by atoms with Gasteiger partial charge < -0.3 is 32.9 Å². The highest BCUT2D eigenvalue weighted by Gasteiger charge is 2.29. The molecular weight excluding hydrogens is 316 g/mol. The summed E-state index contributed by atoms with van der Waals surface area (Å²) in [4.78, 5) is 38.9. The fourth-order valence-corrected chi connectivity index (χ4v) is 1.96. The van der Waals surface area contributed by atoms with E-state index >= 15 is 0 Å². The van der Waals surface area contributed by atoms with Gasteiger partial charge in [0.2, 0.25) is 11.8 Å². The third-order valence-electron chi connectivity index (χ3n) is 3.56. The number of rotatable bonds is 11. The first kappa shape index (κ1) is 21.6. The zero-order valence-electron chi connectivity index (χ0n) is 14.1. The van der Waals surface area contributed by atoms with E-state index in [1.807, 2.05) is 6.92 Å². The average Bonchev–Trinajstić information content (AvgIpc) is 2.53. The first-order valence-corrected chi connectivity index (χ1v) is 7.80. The van der Waals surface area contributed by atoms with E-state index in [2.05, 4.69) is 15.6 Å². The van der Waals surface area contributed by atoms with Crippen LogP contribution >= 0.6 is 0 Å². The monoisotopic (exact) mass is 344 g/mol. The molecular formula is C14H28N6O4. The van der Waals surface area contributed by atoms with Crippen molar-refractivity contribution >= 4 is 23.7 Å². The molecule has 0 aliphatic rings. The molecule has 0 spiro atoms. The molecule has 138 valence electrons. The summed E-state index contributed by atoms with van der Waals surface area (Å²) >= 11 is 0. The van der Waals surface area contributed by atoms with Crippen LogP contribution in [0.2, 0.25) is 0 Å². The molecule has 0 rings (SSSR count). The molecule has 0 heterocycles. The molecule has 3 unspecified atom stereocenters. The summed E-state index contributed by atoms with van der Waals surface area (Å²) in [7, 11) is 0. The minimum Gasteiger partial charge on any atom is -0.480 e. The van der Waals surface area contributed by atoms with E-state index in [4.69, 9.17) is 17.2 Å². The Kier molecular flexibility index (Phi) is 10.1.